The molecule has 0 atom stereocenters. The second kappa shape index (κ2) is 6.34. The quantitative estimate of drug-likeness (QED) is 0.636. The summed E-state index contributed by atoms with van der Waals surface area (Å²) in [5.41, 5.74) is 0.782. The third kappa shape index (κ3) is 3.69. The zero-order valence-corrected chi connectivity index (χ0v) is 11.8. The molecule has 0 radical (unpaired) electrons. The van der Waals surface area contributed by atoms with Gasteiger partial charge in [-0.1, -0.05) is 0 Å². The molecule has 1 aromatic rings. The predicted octanol–water partition coefficient (Wildman–Crippen LogP) is 1.38. The first-order valence-corrected chi connectivity index (χ1v) is 6.15. The Balaban J connectivity index is 2.97. The molecule has 0 spiro atoms. The van der Waals surface area contributed by atoms with Gasteiger partial charge >= 0.3 is 5.97 Å². The average molecular weight is 270 g/mol. The third-order valence-corrected chi connectivity index (χ3v) is 2.40. The molecule has 100 valence electrons. The van der Waals surface area contributed by atoms with Gasteiger partial charge in [-0.25, -0.2) is 4.79 Å². The topological polar surface area (TPSA) is 68.2 Å². The second-order valence-electron chi connectivity index (χ2n) is 3.91. The van der Waals surface area contributed by atoms with E-state index >= 15 is 0 Å². The Hall–Kier alpha value is -1.63. The summed E-state index contributed by atoms with van der Waals surface area (Å²) in [6, 6.07) is 0. The minimum atomic E-state index is -0.460. The Kier molecular flexibility index (Phi) is 5.08. The molecule has 0 saturated heterocycles. The second-order valence-corrected chi connectivity index (χ2v) is 4.31. The van der Waals surface area contributed by atoms with Gasteiger partial charge < -0.3 is 15.4 Å². The minimum Gasteiger partial charge on any atom is -0.458 e. The molecule has 1 rings (SSSR count). The molecule has 0 aliphatic rings. The smallest absolute Gasteiger partial charge is 0.361 e. The Bertz CT molecular complexity index is 442. The Morgan fingerprint density at radius 1 is 1.61 bits per heavy atom. The van der Waals surface area contributed by atoms with E-state index < -0.39 is 5.97 Å². The highest BCUT2D eigenvalue weighted by molar-refractivity contribution is 7.80. The average Bonchev–Trinajstić information content (AvgIpc) is 2.71. The summed E-state index contributed by atoms with van der Waals surface area (Å²) in [6.45, 7) is 6.18. The van der Waals surface area contributed by atoms with Crippen molar-refractivity contribution in [1.29, 1.82) is 0 Å². The summed E-state index contributed by atoms with van der Waals surface area (Å²) < 4.78 is 6.78. The molecule has 0 unspecified atom stereocenters. The molecule has 0 saturated carbocycles. The van der Waals surface area contributed by atoms with E-state index in [0.29, 0.717) is 17.3 Å². The number of hydrogen-bond acceptors (Lipinski definition) is 4. The van der Waals surface area contributed by atoms with Gasteiger partial charge in [0.25, 0.3) is 0 Å². The van der Waals surface area contributed by atoms with Crippen molar-refractivity contribution in [3.63, 3.8) is 0 Å². The summed E-state index contributed by atoms with van der Waals surface area (Å²) in [7, 11) is 1.70. The molecule has 7 heteroatoms. The van der Waals surface area contributed by atoms with Gasteiger partial charge in [-0.15, -0.1) is 0 Å². The summed E-state index contributed by atoms with van der Waals surface area (Å²) in [5, 5.41) is 10.3. The maximum absolute atomic E-state index is 11.9. The molecule has 0 aliphatic heterocycles. The Labute approximate surface area is 112 Å². The van der Waals surface area contributed by atoms with Crippen molar-refractivity contribution in [1.82, 2.24) is 15.1 Å². The number of aryl methyl sites for hydroxylation is 1. The number of ether oxygens (including phenoxy) is 1. The van der Waals surface area contributed by atoms with Gasteiger partial charge in [0.05, 0.1) is 11.8 Å². The Morgan fingerprint density at radius 2 is 2.28 bits per heavy atom. The van der Waals surface area contributed by atoms with Crippen molar-refractivity contribution in [2.24, 2.45) is 0 Å². The highest BCUT2D eigenvalue weighted by atomic mass is 32.1. The van der Waals surface area contributed by atoms with Crippen molar-refractivity contribution in [2.75, 3.05) is 12.4 Å². The largest absolute Gasteiger partial charge is 0.458 e. The van der Waals surface area contributed by atoms with Gasteiger partial charge in [0.1, 0.15) is 0 Å². The van der Waals surface area contributed by atoms with E-state index in [2.05, 4.69) is 15.7 Å². The lowest BCUT2D eigenvalue weighted by molar-refractivity contribution is 0.0371. The number of nitrogens with zero attached hydrogens (tertiary/aromatic N) is 2. The van der Waals surface area contributed by atoms with E-state index in [9.17, 15) is 4.79 Å². The monoisotopic (exact) mass is 270 g/mol. The van der Waals surface area contributed by atoms with Gasteiger partial charge in [-0.2, -0.15) is 5.10 Å². The molecule has 0 bridgehead atoms. The highest BCUT2D eigenvalue weighted by Gasteiger charge is 2.19. The fourth-order valence-electron chi connectivity index (χ4n) is 1.28. The summed E-state index contributed by atoms with van der Waals surface area (Å²) in [4.78, 5) is 11.9. The fraction of sp³-hybridized carbons (Fsp3) is 0.545. The van der Waals surface area contributed by atoms with Crippen molar-refractivity contribution in [3.8, 4) is 0 Å². The first-order chi connectivity index (χ1) is 8.47. The lowest BCUT2D eigenvalue weighted by Crippen LogP contribution is -2.25. The molecule has 0 fully saturated rings. The van der Waals surface area contributed by atoms with Crippen LogP contribution in [0, 0.1) is 0 Å². The van der Waals surface area contributed by atoms with Gasteiger partial charge in [0.2, 0.25) is 0 Å². The van der Waals surface area contributed by atoms with E-state index in [4.69, 9.17) is 17.0 Å². The minimum absolute atomic E-state index is 0.187. The van der Waals surface area contributed by atoms with E-state index in [1.54, 1.807) is 31.8 Å². The van der Waals surface area contributed by atoms with Crippen LogP contribution < -0.4 is 10.6 Å². The normalized spacial score (nSPS) is 10.3. The highest BCUT2D eigenvalue weighted by Crippen LogP contribution is 2.15. The van der Waals surface area contributed by atoms with Crippen LogP contribution in [0.15, 0.2) is 6.20 Å². The van der Waals surface area contributed by atoms with Crippen molar-refractivity contribution in [3.05, 3.63) is 11.9 Å². The molecule has 1 heterocycles. The first-order valence-electron chi connectivity index (χ1n) is 5.75. The number of aromatic nitrogens is 2. The number of rotatable bonds is 4. The van der Waals surface area contributed by atoms with Crippen LogP contribution in [0.5, 0.6) is 0 Å². The third-order valence-electron chi connectivity index (χ3n) is 2.10. The summed E-state index contributed by atoms with van der Waals surface area (Å²) >= 11 is 5.01. The number of hydrogen-bond donors (Lipinski definition) is 2. The summed E-state index contributed by atoms with van der Waals surface area (Å²) in [6.07, 6.45) is 1.54. The number of thiocarbonyl (C=S) groups is 1. The van der Waals surface area contributed by atoms with Crippen molar-refractivity contribution < 1.29 is 9.53 Å². The molecular formula is C11H18N4O2S. The zero-order chi connectivity index (χ0) is 13.7. The number of esters is 1. The van der Waals surface area contributed by atoms with Gasteiger partial charge in [0, 0.05) is 19.8 Å². The lowest BCUT2D eigenvalue weighted by Gasteiger charge is -2.08. The number of carbonyl (C=O) groups excluding carboxylic acids is 1. The van der Waals surface area contributed by atoms with E-state index in [1.165, 1.54) is 0 Å². The molecule has 0 amide bonds. The molecule has 0 aromatic carbocycles. The van der Waals surface area contributed by atoms with Crippen LogP contribution in [0.2, 0.25) is 0 Å². The molecule has 6 nitrogen and oxygen atoms in total. The standard InChI is InChI=1S/C11H18N4O2S/c1-5-15-6-8(13-11(18)12-4)9(14-15)10(16)17-7(2)3/h6-7H,5H2,1-4H3,(H2,12,13,18). The molecular weight excluding hydrogens is 252 g/mol. The zero-order valence-electron chi connectivity index (χ0n) is 11.0. The Morgan fingerprint density at radius 3 is 2.78 bits per heavy atom. The van der Waals surface area contributed by atoms with E-state index in [1.807, 2.05) is 6.92 Å². The molecule has 2 N–H and O–H groups in total. The van der Waals surface area contributed by atoms with E-state index in [0.717, 1.165) is 0 Å². The van der Waals surface area contributed by atoms with Crippen LogP contribution >= 0.6 is 12.2 Å². The lowest BCUT2D eigenvalue weighted by atomic mass is 10.3. The fourth-order valence-corrected chi connectivity index (χ4v) is 1.39. The van der Waals surface area contributed by atoms with Crippen LogP contribution in [0.25, 0.3) is 0 Å². The molecule has 1 aromatic heterocycles. The molecule has 0 aliphatic carbocycles. The van der Waals surface area contributed by atoms with E-state index in [-0.39, 0.29) is 11.8 Å². The van der Waals surface area contributed by atoms with Gasteiger partial charge in [0.15, 0.2) is 10.8 Å². The number of nitrogens with one attached hydrogen (secondary N) is 2. The first kappa shape index (κ1) is 14.4. The van der Waals surface area contributed by atoms with Crippen LogP contribution in [0.3, 0.4) is 0 Å². The number of anilines is 1. The van der Waals surface area contributed by atoms with Crippen LogP contribution in [-0.2, 0) is 11.3 Å². The van der Waals surface area contributed by atoms with Crippen molar-refractivity contribution in [2.45, 2.75) is 33.4 Å². The molecule has 18 heavy (non-hydrogen) atoms. The van der Waals surface area contributed by atoms with Crippen molar-refractivity contribution >= 4 is 29.0 Å². The SMILES string of the molecule is CCn1cc(NC(=S)NC)c(C(=O)OC(C)C)n1. The van der Waals surface area contributed by atoms with Crippen LogP contribution in [0.4, 0.5) is 5.69 Å². The summed E-state index contributed by atoms with van der Waals surface area (Å²) in [5.74, 6) is -0.460. The van der Waals surface area contributed by atoms with Gasteiger partial charge in [-0.05, 0) is 33.0 Å². The number of carbonyl (C=O) groups is 1. The maximum Gasteiger partial charge on any atom is 0.361 e. The maximum atomic E-state index is 11.9. The van der Waals surface area contributed by atoms with Crippen LogP contribution in [0.1, 0.15) is 31.3 Å². The van der Waals surface area contributed by atoms with Gasteiger partial charge in [-0.3, -0.25) is 4.68 Å². The van der Waals surface area contributed by atoms with Crippen LogP contribution in [-0.4, -0.2) is 34.0 Å². The predicted molar refractivity (Wildman–Crippen MR) is 73.7 cm³/mol.